The predicted octanol–water partition coefficient (Wildman–Crippen LogP) is 5.86. The molecule has 100 valence electrons. The molecule has 0 aliphatic heterocycles. The van der Waals surface area contributed by atoms with Crippen molar-refractivity contribution in [2.75, 3.05) is 0 Å². The Labute approximate surface area is 131 Å². The fraction of sp³-hybridized carbons (Fsp3) is 0.118. The second-order valence-electron chi connectivity index (χ2n) is 4.84. The van der Waals surface area contributed by atoms with Crippen molar-refractivity contribution >= 4 is 27.3 Å². The van der Waals surface area contributed by atoms with Crippen LogP contribution >= 0.6 is 27.3 Å². The first kappa shape index (κ1) is 13.5. The van der Waals surface area contributed by atoms with E-state index in [9.17, 15) is 0 Å². The summed E-state index contributed by atoms with van der Waals surface area (Å²) in [4.78, 5) is 4.75. The summed E-state index contributed by atoms with van der Waals surface area (Å²) in [5.41, 5.74) is 6.02. The largest absolute Gasteiger partial charge is 0.236 e. The molecule has 0 bridgehead atoms. The molecule has 20 heavy (non-hydrogen) atoms. The van der Waals surface area contributed by atoms with Gasteiger partial charge in [-0.05, 0) is 43.2 Å². The zero-order chi connectivity index (χ0) is 14.1. The minimum absolute atomic E-state index is 1.05. The van der Waals surface area contributed by atoms with Gasteiger partial charge >= 0.3 is 0 Å². The molecule has 0 saturated heterocycles. The van der Waals surface area contributed by atoms with E-state index < -0.39 is 0 Å². The quantitative estimate of drug-likeness (QED) is 0.568. The van der Waals surface area contributed by atoms with Gasteiger partial charge in [0, 0.05) is 21.0 Å². The molecule has 1 nitrogen and oxygen atoms in total. The van der Waals surface area contributed by atoms with Crippen molar-refractivity contribution in [2.24, 2.45) is 0 Å². The van der Waals surface area contributed by atoms with Gasteiger partial charge in [0.25, 0.3) is 0 Å². The van der Waals surface area contributed by atoms with E-state index in [1.165, 1.54) is 16.7 Å². The molecule has 0 radical (unpaired) electrons. The molecule has 3 rings (SSSR count). The van der Waals surface area contributed by atoms with Crippen molar-refractivity contribution in [1.29, 1.82) is 0 Å². The normalized spacial score (nSPS) is 10.8. The van der Waals surface area contributed by atoms with Crippen LogP contribution in [0.1, 0.15) is 11.1 Å². The van der Waals surface area contributed by atoms with Crippen LogP contribution in [0.5, 0.6) is 0 Å². The Hall–Kier alpha value is -1.45. The lowest BCUT2D eigenvalue weighted by Gasteiger charge is -2.02. The standard InChI is InChI=1S/C17H14BrNS/c1-11-3-4-14(9-12(11)2)16-10-20-17(19-16)13-5-7-15(18)8-6-13/h3-10H,1-2H3. The smallest absolute Gasteiger partial charge is 0.124 e. The number of aryl methyl sites for hydroxylation is 2. The van der Waals surface area contributed by atoms with Crippen LogP contribution in [0.15, 0.2) is 52.3 Å². The Morgan fingerprint density at radius 2 is 1.60 bits per heavy atom. The highest BCUT2D eigenvalue weighted by Gasteiger charge is 2.07. The van der Waals surface area contributed by atoms with Crippen LogP contribution < -0.4 is 0 Å². The molecule has 0 fully saturated rings. The molecule has 0 amide bonds. The van der Waals surface area contributed by atoms with Gasteiger partial charge < -0.3 is 0 Å². The summed E-state index contributed by atoms with van der Waals surface area (Å²) >= 11 is 5.14. The second-order valence-corrected chi connectivity index (χ2v) is 6.62. The maximum atomic E-state index is 4.75. The number of nitrogens with zero attached hydrogens (tertiary/aromatic N) is 1. The molecular weight excluding hydrogens is 330 g/mol. The van der Waals surface area contributed by atoms with Gasteiger partial charge in [-0.15, -0.1) is 11.3 Å². The van der Waals surface area contributed by atoms with Gasteiger partial charge in [-0.25, -0.2) is 4.98 Å². The third kappa shape index (κ3) is 2.69. The lowest BCUT2D eigenvalue weighted by atomic mass is 10.1. The molecule has 0 spiro atoms. The van der Waals surface area contributed by atoms with Gasteiger partial charge in [-0.3, -0.25) is 0 Å². The first-order valence-electron chi connectivity index (χ1n) is 6.42. The van der Waals surface area contributed by atoms with Gasteiger partial charge in [0.15, 0.2) is 0 Å². The Kier molecular flexibility index (Phi) is 3.72. The van der Waals surface area contributed by atoms with Crippen molar-refractivity contribution in [3.05, 3.63) is 63.4 Å². The Balaban J connectivity index is 1.97. The van der Waals surface area contributed by atoms with Crippen LogP contribution in [0.3, 0.4) is 0 Å². The molecule has 0 saturated carbocycles. The van der Waals surface area contributed by atoms with Gasteiger partial charge in [0.1, 0.15) is 5.01 Å². The topological polar surface area (TPSA) is 12.9 Å². The molecular formula is C17H14BrNS. The molecule has 0 aliphatic rings. The fourth-order valence-corrected chi connectivity index (χ4v) is 3.13. The molecule has 2 aromatic carbocycles. The molecule has 0 atom stereocenters. The van der Waals surface area contributed by atoms with Crippen molar-refractivity contribution < 1.29 is 0 Å². The zero-order valence-corrected chi connectivity index (χ0v) is 13.8. The van der Waals surface area contributed by atoms with Crippen LogP contribution in [-0.2, 0) is 0 Å². The molecule has 0 aliphatic carbocycles. The summed E-state index contributed by atoms with van der Waals surface area (Å²) in [6, 6.07) is 14.8. The molecule has 0 unspecified atom stereocenters. The second kappa shape index (κ2) is 5.51. The number of thiazole rings is 1. The van der Waals surface area contributed by atoms with Gasteiger partial charge in [-0.2, -0.15) is 0 Å². The van der Waals surface area contributed by atoms with Crippen molar-refractivity contribution in [3.63, 3.8) is 0 Å². The molecule has 3 aromatic rings. The van der Waals surface area contributed by atoms with E-state index in [2.05, 4.69) is 65.5 Å². The van der Waals surface area contributed by atoms with Gasteiger partial charge in [-0.1, -0.05) is 40.2 Å². The molecule has 3 heteroatoms. The summed E-state index contributed by atoms with van der Waals surface area (Å²) in [5.74, 6) is 0. The summed E-state index contributed by atoms with van der Waals surface area (Å²) in [7, 11) is 0. The average Bonchev–Trinajstić information content (AvgIpc) is 2.92. The van der Waals surface area contributed by atoms with E-state index in [0.717, 1.165) is 20.7 Å². The summed E-state index contributed by atoms with van der Waals surface area (Å²) in [5, 5.41) is 3.19. The van der Waals surface area contributed by atoms with E-state index >= 15 is 0 Å². The van der Waals surface area contributed by atoms with Gasteiger partial charge in [0.05, 0.1) is 5.69 Å². The van der Waals surface area contributed by atoms with Crippen LogP contribution in [0.25, 0.3) is 21.8 Å². The van der Waals surface area contributed by atoms with E-state index in [4.69, 9.17) is 4.98 Å². The van der Waals surface area contributed by atoms with Gasteiger partial charge in [0.2, 0.25) is 0 Å². The highest BCUT2D eigenvalue weighted by Crippen LogP contribution is 2.30. The Morgan fingerprint density at radius 3 is 2.30 bits per heavy atom. The summed E-state index contributed by atoms with van der Waals surface area (Å²) in [6.07, 6.45) is 0. The zero-order valence-electron chi connectivity index (χ0n) is 11.4. The summed E-state index contributed by atoms with van der Waals surface area (Å²) in [6.45, 7) is 4.27. The summed E-state index contributed by atoms with van der Waals surface area (Å²) < 4.78 is 1.09. The van der Waals surface area contributed by atoms with Crippen molar-refractivity contribution in [2.45, 2.75) is 13.8 Å². The third-order valence-electron chi connectivity index (χ3n) is 3.40. The monoisotopic (exact) mass is 343 g/mol. The van der Waals surface area contributed by atoms with E-state index in [1.807, 2.05) is 12.1 Å². The fourth-order valence-electron chi connectivity index (χ4n) is 2.03. The lowest BCUT2D eigenvalue weighted by Crippen LogP contribution is -1.84. The number of benzene rings is 2. The predicted molar refractivity (Wildman–Crippen MR) is 90.2 cm³/mol. The highest BCUT2D eigenvalue weighted by molar-refractivity contribution is 9.10. The maximum absolute atomic E-state index is 4.75. The van der Waals surface area contributed by atoms with Crippen molar-refractivity contribution in [1.82, 2.24) is 4.98 Å². The SMILES string of the molecule is Cc1ccc(-c2csc(-c3ccc(Br)cc3)n2)cc1C. The number of hydrogen-bond acceptors (Lipinski definition) is 2. The molecule has 0 N–H and O–H groups in total. The van der Waals surface area contributed by atoms with Crippen molar-refractivity contribution in [3.8, 4) is 21.8 Å². The van der Waals surface area contributed by atoms with E-state index in [1.54, 1.807) is 11.3 Å². The van der Waals surface area contributed by atoms with Crippen LogP contribution in [0, 0.1) is 13.8 Å². The Morgan fingerprint density at radius 1 is 0.900 bits per heavy atom. The maximum Gasteiger partial charge on any atom is 0.124 e. The molecule has 1 heterocycles. The number of aromatic nitrogens is 1. The molecule has 1 aromatic heterocycles. The van der Waals surface area contributed by atoms with Crippen LogP contribution in [-0.4, -0.2) is 4.98 Å². The van der Waals surface area contributed by atoms with E-state index in [0.29, 0.717) is 0 Å². The first-order chi connectivity index (χ1) is 9.63. The lowest BCUT2D eigenvalue weighted by molar-refractivity contribution is 1.32. The number of hydrogen-bond donors (Lipinski definition) is 0. The van der Waals surface area contributed by atoms with E-state index in [-0.39, 0.29) is 0 Å². The minimum atomic E-state index is 1.05. The average molecular weight is 344 g/mol. The number of rotatable bonds is 2. The van der Waals surface area contributed by atoms with Crippen LogP contribution in [0.4, 0.5) is 0 Å². The van der Waals surface area contributed by atoms with Crippen LogP contribution in [0.2, 0.25) is 0 Å². The Bertz CT molecular complexity index is 744. The minimum Gasteiger partial charge on any atom is -0.236 e. The third-order valence-corrected chi connectivity index (χ3v) is 4.82. The number of halogens is 1. The highest BCUT2D eigenvalue weighted by atomic mass is 79.9. The first-order valence-corrected chi connectivity index (χ1v) is 8.10.